The predicted octanol–water partition coefficient (Wildman–Crippen LogP) is 4.17. The molecular weight excluding hydrogens is 278 g/mol. The molecule has 0 saturated carbocycles. The Labute approximate surface area is 111 Å². The van der Waals surface area contributed by atoms with Gasteiger partial charge in [0.1, 0.15) is 0 Å². The third kappa shape index (κ3) is 2.39. The fraction of sp³-hybridized carbons (Fsp3) is 0.500. The molecule has 1 heterocycles. The number of benzene rings is 1. The van der Waals surface area contributed by atoms with E-state index in [1.165, 1.54) is 0 Å². The average Bonchev–Trinajstić information content (AvgIpc) is 2.55. The average molecular weight is 296 g/mol. The van der Waals surface area contributed by atoms with Gasteiger partial charge in [0.2, 0.25) is 5.91 Å². The van der Waals surface area contributed by atoms with E-state index in [-0.39, 0.29) is 11.8 Å². The van der Waals surface area contributed by atoms with Crippen LogP contribution in [-0.2, 0) is 4.79 Å². The molecule has 1 aromatic rings. The number of para-hydroxylation sites is 1. The minimum atomic E-state index is 0.00454. The van der Waals surface area contributed by atoms with E-state index in [9.17, 15) is 4.79 Å². The first kappa shape index (κ1) is 12.6. The Hall–Kier alpha value is -0.830. The van der Waals surface area contributed by atoms with Crippen LogP contribution in [0.5, 0.6) is 0 Å². The zero-order valence-corrected chi connectivity index (χ0v) is 12.0. The number of rotatable bonds is 3. The van der Waals surface area contributed by atoms with Gasteiger partial charge in [-0.15, -0.1) is 0 Å². The highest BCUT2D eigenvalue weighted by molar-refractivity contribution is 9.10. The zero-order chi connectivity index (χ0) is 12.6. The lowest BCUT2D eigenvalue weighted by Gasteiger charge is -2.19. The summed E-state index contributed by atoms with van der Waals surface area (Å²) < 4.78 is 0.975. The molecule has 0 radical (unpaired) electrons. The number of anilines is 1. The van der Waals surface area contributed by atoms with Crippen molar-refractivity contribution < 1.29 is 4.79 Å². The fourth-order valence-electron chi connectivity index (χ4n) is 2.72. The number of amides is 1. The van der Waals surface area contributed by atoms with Crippen LogP contribution in [0, 0.1) is 11.8 Å². The summed E-state index contributed by atoms with van der Waals surface area (Å²) in [7, 11) is 0. The van der Waals surface area contributed by atoms with Crippen LogP contribution in [0.25, 0.3) is 0 Å². The van der Waals surface area contributed by atoms with Crippen LogP contribution in [-0.4, -0.2) is 5.91 Å². The second kappa shape index (κ2) is 4.81. The Kier molecular flexibility index (Phi) is 3.57. The topological polar surface area (TPSA) is 29.1 Å². The van der Waals surface area contributed by atoms with Gasteiger partial charge >= 0.3 is 0 Å². The van der Waals surface area contributed by atoms with Crippen molar-refractivity contribution in [3.8, 4) is 0 Å². The molecule has 2 unspecified atom stereocenters. The lowest BCUT2D eigenvalue weighted by atomic mass is 9.83. The molecule has 1 aromatic carbocycles. The molecule has 2 nitrogen and oxygen atoms in total. The third-order valence-corrected chi connectivity index (χ3v) is 3.98. The summed E-state index contributed by atoms with van der Waals surface area (Å²) in [6.45, 7) is 6.57. The van der Waals surface area contributed by atoms with Crippen LogP contribution in [0.4, 0.5) is 5.69 Å². The van der Waals surface area contributed by atoms with Crippen molar-refractivity contribution in [2.75, 3.05) is 5.32 Å². The van der Waals surface area contributed by atoms with Gasteiger partial charge in [0.25, 0.3) is 0 Å². The molecule has 1 amide bonds. The van der Waals surface area contributed by atoms with Crippen LogP contribution in [0.15, 0.2) is 22.7 Å². The molecule has 0 saturated heterocycles. The monoisotopic (exact) mass is 295 g/mol. The number of hydrogen-bond donors (Lipinski definition) is 1. The van der Waals surface area contributed by atoms with Gasteiger partial charge in [-0.25, -0.2) is 0 Å². The number of halogens is 1. The first-order valence-corrected chi connectivity index (χ1v) is 6.89. The van der Waals surface area contributed by atoms with E-state index >= 15 is 0 Å². The summed E-state index contributed by atoms with van der Waals surface area (Å²) in [6.07, 6.45) is 1.07. The number of carbonyl (C=O) groups is 1. The minimum Gasteiger partial charge on any atom is -0.324 e. The van der Waals surface area contributed by atoms with Crippen LogP contribution >= 0.6 is 15.9 Å². The van der Waals surface area contributed by atoms with Crippen molar-refractivity contribution in [3.63, 3.8) is 0 Å². The largest absolute Gasteiger partial charge is 0.324 e. The third-order valence-electron chi connectivity index (χ3n) is 3.32. The number of fused-ring (bicyclic) bond motifs is 1. The molecular formula is C14H18BrNO. The Balaban J connectivity index is 2.32. The molecule has 0 bridgehead atoms. The number of carbonyl (C=O) groups excluding carboxylic acids is 1. The Morgan fingerprint density at radius 1 is 1.35 bits per heavy atom. The smallest absolute Gasteiger partial charge is 0.232 e. The molecule has 0 aliphatic carbocycles. The Morgan fingerprint density at radius 3 is 2.71 bits per heavy atom. The highest BCUT2D eigenvalue weighted by atomic mass is 79.9. The summed E-state index contributed by atoms with van der Waals surface area (Å²) in [5.41, 5.74) is 2.09. The number of hydrogen-bond acceptors (Lipinski definition) is 1. The van der Waals surface area contributed by atoms with Crippen LogP contribution in [0.2, 0.25) is 0 Å². The molecule has 1 aliphatic rings. The van der Waals surface area contributed by atoms with E-state index in [4.69, 9.17) is 0 Å². The highest BCUT2D eigenvalue weighted by Gasteiger charge is 2.35. The summed E-state index contributed by atoms with van der Waals surface area (Å²) in [5.74, 6) is 1.14. The van der Waals surface area contributed by atoms with Gasteiger partial charge < -0.3 is 5.32 Å². The van der Waals surface area contributed by atoms with Crippen LogP contribution in [0.1, 0.15) is 38.7 Å². The second-order valence-electron chi connectivity index (χ2n) is 5.28. The first-order chi connectivity index (χ1) is 8.00. The molecule has 1 aliphatic heterocycles. The minimum absolute atomic E-state index is 0.00454. The van der Waals surface area contributed by atoms with E-state index in [1.807, 2.05) is 12.1 Å². The Morgan fingerprint density at radius 2 is 2.06 bits per heavy atom. The summed E-state index contributed by atoms with van der Waals surface area (Å²) >= 11 is 3.49. The lowest BCUT2D eigenvalue weighted by Crippen LogP contribution is -2.20. The quantitative estimate of drug-likeness (QED) is 0.891. The molecule has 2 rings (SSSR count). The van der Waals surface area contributed by atoms with Gasteiger partial charge in [-0.2, -0.15) is 0 Å². The summed E-state index contributed by atoms with van der Waals surface area (Å²) in [6, 6.07) is 6.02. The van der Waals surface area contributed by atoms with Crippen molar-refractivity contribution in [1.82, 2.24) is 0 Å². The maximum absolute atomic E-state index is 12.1. The van der Waals surface area contributed by atoms with E-state index in [0.717, 1.165) is 22.1 Å². The highest BCUT2D eigenvalue weighted by Crippen LogP contribution is 2.42. The fourth-order valence-corrected chi connectivity index (χ4v) is 3.20. The molecule has 0 aromatic heterocycles. The van der Waals surface area contributed by atoms with Crippen LogP contribution < -0.4 is 5.32 Å². The lowest BCUT2D eigenvalue weighted by molar-refractivity contribution is -0.118. The maximum Gasteiger partial charge on any atom is 0.232 e. The molecule has 1 N–H and O–H groups in total. The molecule has 2 atom stereocenters. The van der Waals surface area contributed by atoms with Gasteiger partial charge in [0.15, 0.2) is 0 Å². The molecule has 3 heteroatoms. The van der Waals surface area contributed by atoms with Gasteiger partial charge in [-0.05, 0) is 45.8 Å². The van der Waals surface area contributed by atoms with Gasteiger partial charge in [0.05, 0.1) is 11.6 Å². The maximum atomic E-state index is 12.1. The molecule has 0 fully saturated rings. The van der Waals surface area contributed by atoms with Crippen molar-refractivity contribution in [3.05, 3.63) is 28.2 Å². The first-order valence-electron chi connectivity index (χ1n) is 6.10. The van der Waals surface area contributed by atoms with Gasteiger partial charge in [-0.3, -0.25) is 4.79 Å². The van der Waals surface area contributed by atoms with Crippen LogP contribution in [0.3, 0.4) is 0 Å². The van der Waals surface area contributed by atoms with Crippen molar-refractivity contribution in [1.29, 1.82) is 0 Å². The molecule has 92 valence electrons. The van der Waals surface area contributed by atoms with E-state index < -0.39 is 0 Å². The van der Waals surface area contributed by atoms with Gasteiger partial charge in [-0.1, -0.05) is 32.9 Å². The van der Waals surface area contributed by atoms with Gasteiger partial charge in [0, 0.05) is 4.47 Å². The molecule has 17 heavy (non-hydrogen) atoms. The SMILES string of the molecule is CC(C)CC(C)C1C(=O)Nc2c(Br)cccc21. The zero-order valence-electron chi connectivity index (χ0n) is 10.5. The summed E-state index contributed by atoms with van der Waals surface area (Å²) in [4.78, 5) is 12.1. The molecule has 0 spiro atoms. The second-order valence-corrected chi connectivity index (χ2v) is 6.13. The van der Waals surface area contributed by atoms with Crippen molar-refractivity contribution >= 4 is 27.5 Å². The Bertz CT molecular complexity index is 442. The normalized spacial score (nSPS) is 20.3. The van der Waals surface area contributed by atoms with E-state index in [2.05, 4.69) is 48.1 Å². The van der Waals surface area contributed by atoms with Crippen molar-refractivity contribution in [2.45, 2.75) is 33.1 Å². The number of nitrogens with one attached hydrogen (secondary N) is 1. The summed E-state index contributed by atoms with van der Waals surface area (Å²) in [5, 5.41) is 2.98. The predicted molar refractivity (Wildman–Crippen MR) is 74.1 cm³/mol. The van der Waals surface area contributed by atoms with E-state index in [1.54, 1.807) is 0 Å². The standard InChI is InChI=1S/C14H18BrNO/c1-8(2)7-9(3)12-10-5-4-6-11(15)13(10)16-14(12)17/h4-6,8-9,12H,7H2,1-3H3,(H,16,17). The van der Waals surface area contributed by atoms with Crippen molar-refractivity contribution in [2.24, 2.45) is 11.8 Å². The van der Waals surface area contributed by atoms with E-state index in [0.29, 0.717) is 11.8 Å².